The Hall–Kier alpha value is -1.63. The van der Waals surface area contributed by atoms with Crippen LogP contribution in [0.15, 0.2) is 42.7 Å². The summed E-state index contributed by atoms with van der Waals surface area (Å²) in [7, 11) is 0. The van der Waals surface area contributed by atoms with Crippen molar-refractivity contribution in [1.29, 1.82) is 0 Å². The second-order valence-corrected chi connectivity index (χ2v) is 10.00. The number of pyridine rings is 1. The van der Waals surface area contributed by atoms with E-state index in [1.54, 1.807) is 0 Å². The summed E-state index contributed by atoms with van der Waals surface area (Å²) < 4.78 is 0. The molecule has 2 aromatic rings. The Balaban J connectivity index is 1.67. The monoisotopic (exact) mass is 419 g/mol. The molecule has 1 heterocycles. The molecule has 1 aliphatic carbocycles. The first kappa shape index (κ1) is 24.0. The maximum absolute atomic E-state index is 4.56. The molecule has 1 aromatic heterocycles. The zero-order chi connectivity index (χ0) is 21.9. The molecule has 1 aromatic carbocycles. The number of hydrogen-bond acceptors (Lipinski definition) is 1. The van der Waals surface area contributed by atoms with E-state index < -0.39 is 0 Å². The van der Waals surface area contributed by atoms with Crippen molar-refractivity contribution in [2.24, 2.45) is 11.8 Å². The fraction of sp³-hybridized carbons (Fsp3) is 0.633. The summed E-state index contributed by atoms with van der Waals surface area (Å²) in [6.07, 6.45) is 22.0. The van der Waals surface area contributed by atoms with E-state index in [0.717, 1.165) is 11.8 Å². The third-order valence-electron chi connectivity index (χ3n) is 7.76. The highest BCUT2D eigenvalue weighted by Gasteiger charge is 2.27. The Kier molecular flexibility index (Phi) is 10.1. The highest BCUT2D eigenvalue weighted by molar-refractivity contribution is 5.71. The van der Waals surface area contributed by atoms with Crippen LogP contribution in [0.2, 0.25) is 0 Å². The summed E-state index contributed by atoms with van der Waals surface area (Å²) in [5.74, 6) is 2.38. The lowest BCUT2D eigenvalue weighted by molar-refractivity contribution is 0.236. The van der Waals surface area contributed by atoms with Crippen molar-refractivity contribution in [1.82, 2.24) is 4.98 Å². The molecule has 0 aliphatic heterocycles. The summed E-state index contributed by atoms with van der Waals surface area (Å²) in [6.45, 7) is 7.06. The van der Waals surface area contributed by atoms with E-state index in [-0.39, 0.29) is 0 Å². The minimum atomic E-state index is 0.591. The number of aryl methyl sites for hydroxylation is 1. The Labute approximate surface area is 192 Å². The van der Waals surface area contributed by atoms with Crippen LogP contribution in [0.4, 0.5) is 0 Å². The average molecular weight is 420 g/mol. The molecule has 1 atom stereocenters. The van der Waals surface area contributed by atoms with Crippen LogP contribution < -0.4 is 0 Å². The molecule has 170 valence electrons. The van der Waals surface area contributed by atoms with Gasteiger partial charge in [-0.2, -0.15) is 0 Å². The van der Waals surface area contributed by atoms with Crippen molar-refractivity contribution >= 4 is 0 Å². The van der Waals surface area contributed by atoms with Crippen molar-refractivity contribution in [3.05, 3.63) is 53.9 Å². The first-order chi connectivity index (χ1) is 15.2. The molecule has 1 unspecified atom stereocenters. The normalized spacial score (nSPS) is 20.0. The lowest BCUT2D eigenvalue weighted by atomic mass is 9.72. The second kappa shape index (κ2) is 13.0. The molecular formula is C30H45N. The molecule has 0 bridgehead atoms. The predicted molar refractivity (Wildman–Crippen MR) is 136 cm³/mol. The van der Waals surface area contributed by atoms with Crippen molar-refractivity contribution < 1.29 is 0 Å². The summed E-state index contributed by atoms with van der Waals surface area (Å²) in [5.41, 5.74) is 5.84. The van der Waals surface area contributed by atoms with Crippen molar-refractivity contribution in [2.45, 2.75) is 110 Å². The molecule has 3 rings (SSSR count). The van der Waals surface area contributed by atoms with Crippen LogP contribution in [-0.2, 0) is 6.42 Å². The zero-order valence-corrected chi connectivity index (χ0v) is 20.4. The quantitative estimate of drug-likeness (QED) is 0.312. The number of benzene rings is 1. The molecule has 1 heteroatoms. The Bertz CT molecular complexity index is 757. The maximum Gasteiger partial charge on any atom is 0.0308 e. The van der Waals surface area contributed by atoms with Crippen molar-refractivity contribution in [3.8, 4) is 11.1 Å². The van der Waals surface area contributed by atoms with Gasteiger partial charge >= 0.3 is 0 Å². The number of nitrogens with zero attached hydrogens (tertiary/aromatic N) is 1. The molecule has 1 aliphatic rings. The van der Waals surface area contributed by atoms with Crippen LogP contribution >= 0.6 is 0 Å². The number of unbranched alkanes of at least 4 members (excludes halogenated alkanes) is 5. The van der Waals surface area contributed by atoms with Gasteiger partial charge in [-0.25, -0.2) is 0 Å². The lowest BCUT2D eigenvalue weighted by Gasteiger charge is -2.33. The van der Waals surface area contributed by atoms with Crippen LogP contribution in [0.25, 0.3) is 11.1 Å². The van der Waals surface area contributed by atoms with Crippen LogP contribution in [0.3, 0.4) is 0 Å². The predicted octanol–water partition coefficient (Wildman–Crippen LogP) is 9.36. The van der Waals surface area contributed by atoms with Gasteiger partial charge < -0.3 is 0 Å². The van der Waals surface area contributed by atoms with Crippen LogP contribution in [0.5, 0.6) is 0 Å². The van der Waals surface area contributed by atoms with Crippen LogP contribution in [-0.4, -0.2) is 4.98 Å². The van der Waals surface area contributed by atoms with Gasteiger partial charge in [-0.15, -0.1) is 0 Å². The molecular weight excluding hydrogens is 374 g/mol. The lowest BCUT2D eigenvalue weighted by Crippen LogP contribution is -2.20. The molecule has 1 nitrogen and oxygen atoms in total. The van der Waals surface area contributed by atoms with Gasteiger partial charge in [0.25, 0.3) is 0 Å². The van der Waals surface area contributed by atoms with Crippen LogP contribution in [0.1, 0.15) is 115 Å². The molecule has 0 amide bonds. The smallest absolute Gasteiger partial charge is 0.0308 e. The topological polar surface area (TPSA) is 12.9 Å². The first-order valence-electron chi connectivity index (χ1n) is 13.3. The van der Waals surface area contributed by atoms with Crippen LogP contribution in [0, 0.1) is 11.8 Å². The van der Waals surface area contributed by atoms with Gasteiger partial charge in [0.2, 0.25) is 0 Å². The molecule has 0 spiro atoms. The van der Waals surface area contributed by atoms with Crippen molar-refractivity contribution in [2.75, 3.05) is 0 Å². The highest BCUT2D eigenvalue weighted by atomic mass is 14.6. The third kappa shape index (κ3) is 6.93. The van der Waals surface area contributed by atoms with E-state index in [4.69, 9.17) is 0 Å². The van der Waals surface area contributed by atoms with E-state index in [0.29, 0.717) is 5.92 Å². The molecule has 1 saturated carbocycles. The van der Waals surface area contributed by atoms with Gasteiger partial charge in [0, 0.05) is 12.4 Å². The van der Waals surface area contributed by atoms with Gasteiger partial charge in [-0.3, -0.25) is 4.98 Å². The second-order valence-electron chi connectivity index (χ2n) is 10.00. The van der Waals surface area contributed by atoms with Gasteiger partial charge in [0.1, 0.15) is 0 Å². The first-order valence-corrected chi connectivity index (χ1v) is 13.3. The largest absolute Gasteiger partial charge is 0.264 e. The molecule has 31 heavy (non-hydrogen) atoms. The van der Waals surface area contributed by atoms with E-state index in [2.05, 4.69) is 62.3 Å². The highest BCUT2D eigenvalue weighted by Crippen LogP contribution is 2.42. The van der Waals surface area contributed by atoms with Gasteiger partial charge in [0.05, 0.1) is 0 Å². The van der Waals surface area contributed by atoms with Crippen molar-refractivity contribution in [3.63, 3.8) is 0 Å². The minimum Gasteiger partial charge on any atom is -0.264 e. The number of hydrogen-bond donors (Lipinski definition) is 0. The summed E-state index contributed by atoms with van der Waals surface area (Å²) in [4.78, 5) is 4.56. The Morgan fingerprint density at radius 3 is 2.35 bits per heavy atom. The van der Waals surface area contributed by atoms with Gasteiger partial charge in [-0.05, 0) is 71.8 Å². The zero-order valence-electron chi connectivity index (χ0n) is 20.4. The number of rotatable bonds is 12. The standard InChI is InChI=1S/C30H45N/c1-4-6-8-10-13-25-17-19-26(20-18-25)24(3)30-23-31-22-21-29(30)28-16-12-11-15-27(28)14-9-7-5-2/h11-12,15-16,21-26H,4-10,13-14,17-20H2,1-3H3. The molecule has 0 N–H and O–H groups in total. The summed E-state index contributed by atoms with van der Waals surface area (Å²) in [5, 5.41) is 0. The third-order valence-corrected chi connectivity index (χ3v) is 7.76. The van der Waals surface area contributed by atoms with E-state index in [1.807, 2.05) is 6.20 Å². The Morgan fingerprint density at radius 1 is 0.839 bits per heavy atom. The minimum absolute atomic E-state index is 0.591. The SMILES string of the molecule is CCCCCCC1CCC(C(C)c2cnccc2-c2ccccc2CCCCC)CC1. The average Bonchev–Trinajstić information content (AvgIpc) is 2.82. The molecule has 0 radical (unpaired) electrons. The Morgan fingerprint density at radius 2 is 1.58 bits per heavy atom. The molecule has 0 saturated heterocycles. The van der Waals surface area contributed by atoms with Gasteiger partial charge in [0.15, 0.2) is 0 Å². The summed E-state index contributed by atoms with van der Waals surface area (Å²) in [6, 6.07) is 11.3. The molecule has 1 fully saturated rings. The fourth-order valence-electron chi connectivity index (χ4n) is 5.67. The van der Waals surface area contributed by atoms with E-state index in [9.17, 15) is 0 Å². The summed E-state index contributed by atoms with van der Waals surface area (Å²) >= 11 is 0. The van der Waals surface area contributed by atoms with E-state index >= 15 is 0 Å². The van der Waals surface area contributed by atoms with E-state index in [1.165, 1.54) is 106 Å². The van der Waals surface area contributed by atoms with Gasteiger partial charge in [-0.1, -0.05) is 103 Å². The maximum atomic E-state index is 4.56. The number of aromatic nitrogens is 1. The fourth-order valence-corrected chi connectivity index (χ4v) is 5.67.